The maximum Gasteiger partial charge on any atom is 0.243 e. The van der Waals surface area contributed by atoms with Gasteiger partial charge in [-0.05, 0) is 38.3 Å². The molecule has 2 rings (SSSR count). The van der Waals surface area contributed by atoms with Gasteiger partial charge >= 0.3 is 0 Å². The summed E-state index contributed by atoms with van der Waals surface area (Å²) in [6.07, 6.45) is 3.04. The number of hydrogen-bond donors (Lipinski definition) is 2. The number of guanidine groups is 1. The van der Waals surface area contributed by atoms with Crippen molar-refractivity contribution in [3.05, 3.63) is 35.9 Å². The first kappa shape index (κ1) is 26.6. The van der Waals surface area contributed by atoms with E-state index < -0.39 is 0 Å². The second-order valence-electron chi connectivity index (χ2n) is 7.76. The lowest BCUT2D eigenvalue weighted by Gasteiger charge is -2.26. The van der Waals surface area contributed by atoms with Crippen molar-refractivity contribution >= 4 is 35.8 Å². The highest BCUT2D eigenvalue weighted by Crippen LogP contribution is 2.05. The van der Waals surface area contributed by atoms with Crippen molar-refractivity contribution < 1.29 is 9.53 Å². The van der Waals surface area contributed by atoms with Crippen molar-refractivity contribution in [2.24, 2.45) is 4.99 Å². The maximum absolute atomic E-state index is 11.9. The first-order valence-corrected chi connectivity index (χ1v) is 10.6. The largest absolute Gasteiger partial charge is 0.379 e. The number of carbonyl (C=O) groups excluding carboxylic acids is 1. The highest BCUT2D eigenvalue weighted by molar-refractivity contribution is 14.0. The van der Waals surface area contributed by atoms with Crippen LogP contribution < -0.4 is 10.6 Å². The first-order chi connectivity index (χ1) is 14.0. The van der Waals surface area contributed by atoms with E-state index in [0.29, 0.717) is 5.96 Å². The number of hydrogen-bond acceptors (Lipinski definition) is 4. The average molecular weight is 531 g/mol. The fourth-order valence-electron chi connectivity index (χ4n) is 3.11. The maximum atomic E-state index is 11.9. The Kier molecular flexibility index (Phi) is 13.7. The number of halogens is 1. The number of rotatable bonds is 10. The molecule has 170 valence electrons. The molecule has 7 nitrogen and oxygen atoms in total. The smallest absolute Gasteiger partial charge is 0.243 e. The number of aryl methyl sites for hydroxylation is 1. The summed E-state index contributed by atoms with van der Waals surface area (Å²) in [4.78, 5) is 20.4. The van der Waals surface area contributed by atoms with Gasteiger partial charge in [0.05, 0.1) is 13.2 Å². The molecule has 1 saturated heterocycles. The van der Waals surface area contributed by atoms with Crippen LogP contribution in [0.4, 0.5) is 0 Å². The second-order valence-corrected chi connectivity index (χ2v) is 7.76. The molecule has 8 heteroatoms. The fourth-order valence-corrected chi connectivity index (χ4v) is 3.11. The van der Waals surface area contributed by atoms with Crippen LogP contribution in [0, 0.1) is 0 Å². The van der Waals surface area contributed by atoms with Crippen LogP contribution in [-0.2, 0) is 16.0 Å². The van der Waals surface area contributed by atoms with Gasteiger partial charge in [0.1, 0.15) is 6.54 Å². The van der Waals surface area contributed by atoms with Crippen LogP contribution in [-0.4, -0.2) is 87.7 Å². The highest BCUT2D eigenvalue weighted by atomic mass is 127. The first-order valence-electron chi connectivity index (χ1n) is 10.6. The Hall–Kier alpha value is -1.39. The third kappa shape index (κ3) is 11.1. The van der Waals surface area contributed by atoms with Gasteiger partial charge in [0, 0.05) is 39.8 Å². The molecule has 0 radical (unpaired) electrons. The molecule has 0 aliphatic carbocycles. The third-order valence-corrected chi connectivity index (χ3v) is 5.01. The number of ether oxygens (including phenoxy) is 1. The Bertz CT molecular complexity index is 621. The number of morpholine rings is 1. The van der Waals surface area contributed by atoms with Gasteiger partial charge in [-0.3, -0.25) is 9.69 Å². The zero-order valence-corrected chi connectivity index (χ0v) is 20.9. The molecule has 1 fully saturated rings. The van der Waals surface area contributed by atoms with E-state index in [2.05, 4.69) is 51.7 Å². The molecule has 1 amide bonds. The van der Waals surface area contributed by atoms with Crippen LogP contribution in [0.5, 0.6) is 0 Å². The standard InChI is InChI=1S/C22H37N5O2.HI/c1-19(10-11-20-8-5-4-6-9-20)25-22(24-18-21(28)26(2)3)23-12-7-13-27-14-16-29-17-15-27;/h4-6,8-9,19H,7,10-18H2,1-3H3,(H2,23,24,25);1H. The molecule has 1 aliphatic rings. The number of nitrogens with one attached hydrogen (secondary N) is 2. The molecule has 0 spiro atoms. The summed E-state index contributed by atoms with van der Waals surface area (Å²) in [5.41, 5.74) is 1.33. The summed E-state index contributed by atoms with van der Waals surface area (Å²) in [5.74, 6) is 0.707. The quantitative estimate of drug-likeness (QED) is 0.209. The van der Waals surface area contributed by atoms with Crippen LogP contribution in [0.25, 0.3) is 0 Å². The normalized spacial score (nSPS) is 15.8. The molecular formula is C22H38IN5O2. The summed E-state index contributed by atoms with van der Waals surface area (Å²) < 4.78 is 5.39. The number of likely N-dealkylation sites (N-methyl/N-ethyl adjacent to an activating group) is 1. The zero-order chi connectivity index (χ0) is 20.9. The van der Waals surface area contributed by atoms with E-state index in [-0.39, 0.29) is 42.5 Å². The van der Waals surface area contributed by atoms with Crippen LogP contribution in [0.3, 0.4) is 0 Å². The molecule has 2 N–H and O–H groups in total. The second kappa shape index (κ2) is 15.4. The predicted octanol–water partition coefficient (Wildman–Crippen LogP) is 1.97. The third-order valence-electron chi connectivity index (χ3n) is 5.01. The number of benzene rings is 1. The van der Waals surface area contributed by atoms with E-state index >= 15 is 0 Å². The van der Waals surface area contributed by atoms with E-state index in [1.54, 1.807) is 19.0 Å². The summed E-state index contributed by atoms with van der Waals surface area (Å²) in [6, 6.07) is 10.8. The predicted molar refractivity (Wildman–Crippen MR) is 134 cm³/mol. The van der Waals surface area contributed by atoms with Crippen molar-refractivity contribution in [3.63, 3.8) is 0 Å². The van der Waals surface area contributed by atoms with Gasteiger partial charge in [-0.25, -0.2) is 4.99 Å². The summed E-state index contributed by atoms with van der Waals surface area (Å²) >= 11 is 0. The minimum absolute atomic E-state index is 0. The van der Waals surface area contributed by atoms with Gasteiger partial charge in [-0.15, -0.1) is 24.0 Å². The van der Waals surface area contributed by atoms with Crippen molar-refractivity contribution in [3.8, 4) is 0 Å². The molecule has 1 atom stereocenters. The van der Waals surface area contributed by atoms with E-state index in [1.165, 1.54) is 5.56 Å². The molecule has 30 heavy (non-hydrogen) atoms. The van der Waals surface area contributed by atoms with Gasteiger partial charge in [0.15, 0.2) is 5.96 Å². The molecule has 1 unspecified atom stereocenters. The van der Waals surface area contributed by atoms with Gasteiger partial charge in [0.25, 0.3) is 0 Å². The van der Waals surface area contributed by atoms with Crippen molar-refractivity contribution in [2.75, 3.05) is 60.0 Å². The molecule has 1 heterocycles. The fraction of sp³-hybridized carbons (Fsp3) is 0.636. The number of aliphatic imine (C=N–C) groups is 1. The Morgan fingerprint density at radius 2 is 1.93 bits per heavy atom. The number of carbonyl (C=O) groups is 1. The lowest BCUT2D eigenvalue weighted by atomic mass is 10.1. The monoisotopic (exact) mass is 531 g/mol. The van der Waals surface area contributed by atoms with Gasteiger partial charge in [-0.1, -0.05) is 30.3 Å². The van der Waals surface area contributed by atoms with E-state index in [0.717, 1.165) is 58.7 Å². The van der Waals surface area contributed by atoms with E-state index in [4.69, 9.17) is 4.74 Å². The Labute approximate surface area is 198 Å². The van der Waals surface area contributed by atoms with Gasteiger partial charge < -0.3 is 20.3 Å². The molecule has 0 aromatic heterocycles. The minimum Gasteiger partial charge on any atom is -0.379 e. The lowest BCUT2D eigenvalue weighted by molar-refractivity contribution is -0.127. The molecule has 0 saturated carbocycles. The summed E-state index contributed by atoms with van der Waals surface area (Å²) in [7, 11) is 3.51. The average Bonchev–Trinajstić information content (AvgIpc) is 2.74. The topological polar surface area (TPSA) is 69.2 Å². The van der Waals surface area contributed by atoms with E-state index in [9.17, 15) is 4.79 Å². The summed E-state index contributed by atoms with van der Waals surface area (Å²) in [5, 5.41) is 6.85. The minimum atomic E-state index is -0.00337. The van der Waals surface area contributed by atoms with Crippen LogP contribution in [0.1, 0.15) is 25.3 Å². The molecule has 0 bridgehead atoms. The van der Waals surface area contributed by atoms with E-state index in [1.807, 2.05) is 6.07 Å². The molecule has 1 aromatic carbocycles. The van der Waals surface area contributed by atoms with Gasteiger partial charge in [0.2, 0.25) is 5.91 Å². The Balaban J connectivity index is 0.00000450. The number of nitrogens with zero attached hydrogens (tertiary/aromatic N) is 3. The van der Waals surface area contributed by atoms with Crippen LogP contribution in [0.15, 0.2) is 35.3 Å². The Morgan fingerprint density at radius 1 is 1.23 bits per heavy atom. The SMILES string of the molecule is CC(CCc1ccccc1)NC(=NCC(=O)N(C)C)NCCCN1CCOCC1.I. The molecule has 1 aromatic rings. The molecule has 1 aliphatic heterocycles. The molecular weight excluding hydrogens is 493 g/mol. The van der Waals surface area contributed by atoms with Crippen molar-refractivity contribution in [2.45, 2.75) is 32.2 Å². The van der Waals surface area contributed by atoms with Gasteiger partial charge in [-0.2, -0.15) is 0 Å². The lowest BCUT2D eigenvalue weighted by Crippen LogP contribution is -2.44. The highest BCUT2D eigenvalue weighted by Gasteiger charge is 2.11. The summed E-state index contributed by atoms with van der Waals surface area (Å²) in [6.45, 7) is 7.84. The van der Waals surface area contributed by atoms with Crippen LogP contribution >= 0.6 is 24.0 Å². The number of amides is 1. The van der Waals surface area contributed by atoms with Crippen LogP contribution in [0.2, 0.25) is 0 Å². The van der Waals surface area contributed by atoms with Crippen molar-refractivity contribution in [1.82, 2.24) is 20.4 Å². The zero-order valence-electron chi connectivity index (χ0n) is 18.6. The Morgan fingerprint density at radius 3 is 2.60 bits per heavy atom. The van der Waals surface area contributed by atoms with Crippen molar-refractivity contribution in [1.29, 1.82) is 0 Å².